The van der Waals surface area contributed by atoms with Crippen molar-refractivity contribution >= 4 is 44.8 Å². The molecule has 0 amide bonds. The fourth-order valence-corrected chi connectivity index (χ4v) is 3.59. The zero-order valence-electron chi connectivity index (χ0n) is 9.62. The SMILES string of the molecule is CC(Cl)CN(C)S(=O)(=O)c1ccc(Cl)c(F)c1Cl. The third kappa shape index (κ3) is 3.27. The van der Waals surface area contributed by atoms with E-state index in [1.807, 2.05) is 0 Å². The number of hydrogen-bond donors (Lipinski definition) is 0. The zero-order valence-corrected chi connectivity index (χ0v) is 12.7. The van der Waals surface area contributed by atoms with E-state index in [-0.39, 0.29) is 21.8 Å². The molecule has 1 aromatic carbocycles. The van der Waals surface area contributed by atoms with Crippen molar-refractivity contribution in [1.82, 2.24) is 4.31 Å². The van der Waals surface area contributed by atoms with Crippen LogP contribution in [0.5, 0.6) is 0 Å². The molecule has 0 radical (unpaired) electrons. The van der Waals surface area contributed by atoms with Gasteiger partial charge in [-0.2, -0.15) is 4.31 Å². The first-order valence-electron chi connectivity index (χ1n) is 4.91. The van der Waals surface area contributed by atoms with Crippen LogP contribution in [0.25, 0.3) is 0 Å². The van der Waals surface area contributed by atoms with E-state index in [2.05, 4.69) is 0 Å². The van der Waals surface area contributed by atoms with E-state index < -0.39 is 20.9 Å². The van der Waals surface area contributed by atoms with Gasteiger partial charge < -0.3 is 0 Å². The van der Waals surface area contributed by atoms with E-state index in [1.165, 1.54) is 13.1 Å². The van der Waals surface area contributed by atoms with E-state index in [9.17, 15) is 12.8 Å². The molecule has 0 spiro atoms. The van der Waals surface area contributed by atoms with Crippen LogP contribution in [0.15, 0.2) is 17.0 Å². The van der Waals surface area contributed by atoms with Gasteiger partial charge in [0.2, 0.25) is 10.0 Å². The molecule has 0 aliphatic heterocycles. The van der Waals surface area contributed by atoms with Gasteiger partial charge in [0.1, 0.15) is 4.90 Å². The minimum atomic E-state index is -3.89. The zero-order chi connectivity index (χ0) is 14.1. The minimum absolute atomic E-state index is 0.0878. The lowest BCUT2D eigenvalue weighted by Gasteiger charge is -2.19. The number of hydrogen-bond acceptors (Lipinski definition) is 2. The second-order valence-electron chi connectivity index (χ2n) is 3.74. The van der Waals surface area contributed by atoms with E-state index in [1.54, 1.807) is 6.92 Å². The third-order valence-corrected chi connectivity index (χ3v) is 4.97. The van der Waals surface area contributed by atoms with Crippen LogP contribution in [0.3, 0.4) is 0 Å². The topological polar surface area (TPSA) is 37.4 Å². The second kappa shape index (κ2) is 5.92. The molecule has 8 heteroatoms. The van der Waals surface area contributed by atoms with Gasteiger partial charge in [0.15, 0.2) is 5.82 Å². The molecule has 3 nitrogen and oxygen atoms in total. The number of benzene rings is 1. The van der Waals surface area contributed by atoms with Gasteiger partial charge in [-0.15, -0.1) is 11.6 Å². The monoisotopic (exact) mass is 333 g/mol. The number of sulfonamides is 1. The van der Waals surface area contributed by atoms with E-state index >= 15 is 0 Å². The standard InChI is InChI=1S/C10H11Cl3FNO2S/c1-6(11)5-15(2)18(16,17)8-4-3-7(12)10(14)9(8)13/h3-4,6H,5H2,1-2H3. The fourth-order valence-electron chi connectivity index (χ4n) is 1.33. The van der Waals surface area contributed by atoms with Crippen LogP contribution in [0.2, 0.25) is 10.0 Å². The van der Waals surface area contributed by atoms with Gasteiger partial charge in [0, 0.05) is 19.0 Å². The smallest absolute Gasteiger partial charge is 0.207 e. The van der Waals surface area contributed by atoms with E-state index in [4.69, 9.17) is 34.8 Å². The first-order chi connectivity index (χ1) is 8.17. The maximum absolute atomic E-state index is 13.5. The highest BCUT2D eigenvalue weighted by atomic mass is 35.5. The van der Waals surface area contributed by atoms with E-state index in [0.717, 1.165) is 10.4 Å². The van der Waals surface area contributed by atoms with Crippen molar-refractivity contribution in [3.05, 3.63) is 28.0 Å². The molecular weight excluding hydrogens is 324 g/mol. The number of halogens is 4. The van der Waals surface area contributed by atoms with E-state index in [0.29, 0.717) is 0 Å². The third-order valence-electron chi connectivity index (χ3n) is 2.20. The Balaban J connectivity index is 3.25. The first kappa shape index (κ1) is 16.0. The molecule has 0 saturated heterocycles. The average Bonchev–Trinajstić information content (AvgIpc) is 2.24. The molecule has 0 N–H and O–H groups in total. The molecule has 1 aromatic rings. The Bertz CT molecular complexity index is 548. The predicted molar refractivity (Wildman–Crippen MR) is 71.6 cm³/mol. The fraction of sp³-hybridized carbons (Fsp3) is 0.400. The van der Waals surface area contributed by atoms with Crippen molar-refractivity contribution in [2.75, 3.05) is 13.6 Å². The molecule has 0 aromatic heterocycles. The van der Waals surface area contributed by atoms with Crippen molar-refractivity contribution in [2.24, 2.45) is 0 Å². The lowest BCUT2D eigenvalue weighted by molar-refractivity contribution is 0.470. The Morgan fingerprint density at radius 2 is 1.94 bits per heavy atom. The Morgan fingerprint density at radius 1 is 1.39 bits per heavy atom. The summed E-state index contributed by atoms with van der Waals surface area (Å²) in [4.78, 5) is -0.328. The van der Waals surface area contributed by atoms with Crippen molar-refractivity contribution in [1.29, 1.82) is 0 Å². The van der Waals surface area contributed by atoms with Gasteiger partial charge in [-0.3, -0.25) is 0 Å². The Morgan fingerprint density at radius 3 is 2.44 bits per heavy atom. The molecule has 0 heterocycles. The number of nitrogens with zero attached hydrogens (tertiary/aromatic N) is 1. The lowest BCUT2D eigenvalue weighted by atomic mass is 10.3. The lowest BCUT2D eigenvalue weighted by Crippen LogP contribution is -2.31. The van der Waals surface area contributed by atoms with Gasteiger partial charge in [0.25, 0.3) is 0 Å². The Kier molecular flexibility index (Phi) is 5.26. The maximum atomic E-state index is 13.5. The molecule has 18 heavy (non-hydrogen) atoms. The quantitative estimate of drug-likeness (QED) is 0.625. The summed E-state index contributed by atoms with van der Waals surface area (Å²) in [6, 6.07) is 2.31. The summed E-state index contributed by atoms with van der Waals surface area (Å²) in [6.45, 7) is 1.74. The normalized spacial score (nSPS) is 13.9. The minimum Gasteiger partial charge on any atom is -0.207 e. The molecular formula is C10H11Cl3FNO2S. The van der Waals surface area contributed by atoms with Crippen LogP contribution in [0, 0.1) is 5.82 Å². The Hall–Kier alpha value is -0.0700. The highest BCUT2D eigenvalue weighted by Crippen LogP contribution is 2.31. The predicted octanol–water partition coefficient (Wildman–Crippen LogP) is 3.38. The van der Waals surface area contributed by atoms with Crippen LogP contribution in [0.1, 0.15) is 6.92 Å². The van der Waals surface area contributed by atoms with Gasteiger partial charge in [-0.05, 0) is 19.1 Å². The molecule has 1 rings (SSSR count). The van der Waals surface area contributed by atoms with Crippen molar-refractivity contribution < 1.29 is 12.8 Å². The van der Waals surface area contributed by atoms with Crippen LogP contribution in [0.4, 0.5) is 4.39 Å². The molecule has 0 aliphatic rings. The first-order valence-corrected chi connectivity index (χ1v) is 7.55. The van der Waals surface area contributed by atoms with Gasteiger partial charge >= 0.3 is 0 Å². The maximum Gasteiger partial charge on any atom is 0.244 e. The molecule has 0 saturated carbocycles. The van der Waals surface area contributed by atoms with Crippen LogP contribution >= 0.6 is 34.8 Å². The largest absolute Gasteiger partial charge is 0.244 e. The summed E-state index contributed by atoms with van der Waals surface area (Å²) < 4.78 is 38.7. The molecule has 1 unspecified atom stereocenters. The molecule has 0 bridgehead atoms. The summed E-state index contributed by atoms with van der Waals surface area (Å²) in [7, 11) is -2.54. The highest BCUT2D eigenvalue weighted by molar-refractivity contribution is 7.89. The molecule has 0 fully saturated rings. The number of rotatable bonds is 4. The van der Waals surface area contributed by atoms with Crippen molar-refractivity contribution in [3.8, 4) is 0 Å². The van der Waals surface area contributed by atoms with Crippen molar-refractivity contribution in [2.45, 2.75) is 17.2 Å². The number of alkyl halides is 1. The molecule has 1 atom stereocenters. The Labute approximate surface area is 120 Å². The molecule has 0 aliphatic carbocycles. The summed E-state index contributed by atoms with van der Waals surface area (Å²) in [5.74, 6) is -0.952. The van der Waals surface area contributed by atoms with Gasteiger partial charge in [-0.1, -0.05) is 23.2 Å². The summed E-state index contributed by atoms with van der Waals surface area (Å²) in [5, 5.41) is -1.12. The highest BCUT2D eigenvalue weighted by Gasteiger charge is 2.26. The van der Waals surface area contributed by atoms with Crippen molar-refractivity contribution in [3.63, 3.8) is 0 Å². The van der Waals surface area contributed by atoms with Crippen LogP contribution in [-0.2, 0) is 10.0 Å². The van der Waals surface area contributed by atoms with Crippen LogP contribution in [-0.4, -0.2) is 31.7 Å². The van der Waals surface area contributed by atoms with Gasteiger partial charge in [-0.25, -0.2) is 12.8 Å². The van der Waals surface area contributed by atoms with Crippen LogP contribution < -0.4 is 0 Å². The summed E-state index contributed by atoms with van der Waals surface area (Å²) in [6.07, 6.45) is 0. The summed E-state index contributed by atoms with van der Waals surface area (Å²) >= 11 is 16.9. The summed E-state index contributed by atoms with van der Waals surface area (Å²) in [5.41, 5.74) is 0. The molecule has 102 valence electrons. The average molecular weight is 335 g/mol. The van der Waals surface area contributed by atoms with Gasteiger partial charge in [0.05, 0.1) is 10.0 Å². The second-order valence-corrected chi connectivity index (χ2v) is 7.28.